The highest BCUT2D eigenvalue weighted by Gasteiger charge is 2.30. The fourth-order valence-electron chi connectivity index (χ4n) is 4.17. The summed E-state index contributed by atoms with van der Waals surface area (Å²) in [5.41, 5.74) is 0. The Morgan fingerprint density at radius 2 is 1.76 bits per heavy atom. The minimum Gasteiger partial charge on any atom is -0.356 e. The van der Waals surface area contributed by atoms with Crippen LogP contribution in [0.3, 0.4) is 0 Å². The monoisotopic (exact) mass is 389 g/mol. The number of thioether (sulfide) groups is 1. The summed E-state index contributed by atoms with van der Waals surface area (Å²) >= 11 is 2.07. The lowest BCUT2D eigenvalue weighted by atomic mass is 9.94. The summed E-state index contributed by atoms with van der Waals surface area (Å²) in [6.45, 7) is 4.04. The van der Waals surface area contributed by atoms with Crippen molar-refractivity contribution in [3.05, 3.63) is 0 Å². The maximum atomic E-state index is 12.4. The van der Waals surface area contributed by atoms with Gasteiger partial charge in [-0.1, -0.05) is 0 Å². The number of sulfonamides is 1. The van der Waals surface area contributed by atoms with E-state index in [0.29, 0.717) is 31.8 Å². The van der Waals surface area contributed by atoms with Gasteiger partial charge in [-0.2, -0.15) is 11.8 Å². The fourth-order valence-corrected chi connectivity index (χ4v) is 6.30. The number of nitrogens with one attached hydrogen (secondary N) is 1. The second-order valence-electron chi connectivity index (χ2n) is 7.68. The molecule has 3 heterocycles. The van der Waals surface area contributed by atoms with Gasteiger partial charge in [0.05, 0.1) is 6.26 Å². The van der Waals surface area contributed by atoms with E-state index in [-0.39, 0.29) is 11.8 Å². The number of carbonyl (C=O) groups is 1. The Labute approximate surface area is 156 Å². The van der Waals surface area contributed by atoms with Gasteiger partial charge in [0.1, 0.15) is 0 Å². The second kappa shape index (κ2) is 8.59. The standard InChI is InChI=1S/C17H31N3O3S2/c1-25(22,23)20-9-4-15(5-10-20)17(21)18-12-14-2-7-19(8-3-14)16-6-11-24-13-16/h14-16H,2-13H2,1H3,(H,18,21)/t16-/m0/s1. The lowest BCUT2D eigenvalue weighted by Crippen LogP contribution is -2.46. The van der Waals surface area contributed by atoms with E-state index in [1.54, 1.807) is 0 Å². The zero-order valence-corrected chi connectivity index (χ0v) is 16.8. The van der Waals surface area contributed by atoms with Gasteiger partial charge in [-0.25, -0.2) is 12.7 Å². The molecule has 0 radical (unpaired) electrons. The number of hydrogen-bond acceptors (Lipinski definition) is 5. The van der Waals surface area contributed by atoms with Crippen LogP contribution in [0.2, 0.25) is 0 Å². The number of nitrogens with zero attached hydrogens (tertiary/aromatic N) is 2. The quantitative estimate of drug-likeness (QED) is 0.759. The maximum absolute atomic E-state index is 12.4. The molecular formula is C17H31N3O3S2. The van der Waals surface area contributed by atoms with Crippen molar-refractivity contribution in [2.24, 2.45) is 11.8 Å². The van der Waals surface area contributed by atoms with Crippen LogP contribution in [-0.4, -0.2) is 80.1 Å². The smallest absolute Gasteiger partial charge is 0.223 e. The lowest BCUT2D eigenvalue weighted by Gasteiger charge is -2.36. The van der Waals surface area contributed by atoms with Crippen LogP contribution in [0.15, 0.2) is 0 Å². The van der Waals surface area contributed by atoms with E-state index in [1.807, 2.05) is 0 Å². The van der Waals surface area contributed by atoms with E-state index >= 15 is 0 Å². The third-order valence-electron chi connectivity index (χ3n) is 5.93. The van der Waals surface area contributed by atoms with Gasteiger partial charge in [-0.05, 0) is 56.9 Å². The molecule has 0 unspecified atom stereocenters. The molecule has 0 aromatic rings. The predicted molar refractivity (Wildman–Crippen MR) is 102 cm³/mol. The highest BCUT2D eigenvalue weighted by Crippen LogP contribution is 2.27. The molecule has 0 bridgehead atoms. The molecule has 0 saturated carbocycles. The van der Waals surface area contributed by atoms with Crippen LogP contribution >= 0.6 is 11.8 Å². The van der Waals surface area contributed by atoms with Gasteiger partial charge in [0.2, 0.25) is 15.9 Å². The summed E-state index contributed by atoms with van der Waals surface area (Å²) in [7, 11) is -3.12. The summed E-state index contributed by atoms with van der Waals surface area (Å²) < 4.78 is 24.6. The number of likely N-dealkylation sites (tertiary alicyclic amines) is 1. The van der Waals surface area contributed by atoms with Gasteiger partial charge in [-0.3, -0.25) is 9.69 Å². The molecule has 0 aromatic carbocycles. The molecule has 0 spiro atoms. The highest BCUT2D eigenvalue weighted by molar-refractivity contribution is 7.99. The Balaban J connectivity index is 1.34. The summed E-state index contributed by atoms with van der Waals surface area (Å²) in [6.07, 6.45) is 6.19. The SMILES string of the molecule is CS(=O)(=O)N1CCC(C(=O)NCC2CCN([C@H]3CCSC3)CC2)CC1. The van der Waals surface area contributed by atoms with Crippen molar-refractivity contribution in [1.29, 1.82) is 0 Å². The normalized spacial score (nSPS) is 28.3. The molecule has 0 aliphatic carbocycles. The predicted octanol–water partition coefficient (Wildman–Crippen LogP) is 0.992. The molecule has 1 atom stereocenters. The number of carbonyl (C=O) groups excluding carboxylic acids is 1. The molecule has 3 fully saturated rings. The van der Waals surface area contributed by atoms with Crippen LogP contribution in [0, 0.1) is 11.8 Å². The number of rotatable bonds is 5. The number of amides is 1. The third kappa shape index (κ3) is 5.34. The first kappa shape index (κ1) is 19.5. The van der Waals surface area contributed by atoms with Crippen LogP contribution in [0.1, 0.15) is 32.1 Å². The van der Waals surface area contributed by atoms with Crippen molar-refractivity contribution in [1.82, 2.24) is 14.5 Å². The van der Waals surface area contributed by atoms with Gasteiger partial charge < -0.3 is 5.32 Å². The van der Waals surface area contributed by atoms with Crippen molar-refractivity contribution < 1.29 is 13.2 Å². The summed E-state index contributed by atoms with van der Waals surface area (Å²) in [5, 5.41) is 3.13. The minimum absolute atomic E-state index is 0.0337. The van der Waals surface area contributed by atoms with Crippen molar-refractivity contribution in [2.45, 2.75) is 38.1 Å². The Bertz CT molecular complexity index is 547. The molecule has 1 amide bonds. The molecule has 3 rings (SSSR count). The zero-order chi connectivity index (χ0) is 17.9. The Kier molecular flexibility index (Phi) is 6.68. The van der Waals surface area contributed by atoms with Gasteiger partial charge in [0.15, 0.2) is 0 Å². The first-order valence-corrected chi connectivity index (χ1v) is 12.5. The summed E-state index contributed by atoms with van der Waals surface area (Å²) in [6, 6.07) is 0.778. The van der Waals surface area contributed by atoms with Crippen molar-refractivity contribution in [3.8, 4) is 0 Å². The van der Waals surface area contributed by atoms with E-state index in [1.165, 1.54) is 54.4 Å². The van der Waals surface area contributed by atoms with Gasteiger partial charge in [0, 0.05) is 37.3 Å². The lowest BCUT2D eigenvalue weighted by molar-refractivity contribution is -0.126. The second-order valence-corrected chi connectivity index (χ2v) is 10.8. The van der Waals surface area contributed by atoms with Gasteiger partial charge in [0.25, 0.3) is 0 Å². The number of piperidine rings is 2. The topological polar surface area (TPSA) is 69.7 Å². The van der Waals surface area contributed by atoms with E-state index in [9.17, 15) is 13.2 Å². The minimum atomic E-state index is -3.12. The van der Waals surface area contributed by atoms with Crippen LogP contribution in [0.4, 0.5) is 0 Å². The Morgan fingerprint density at radius 1 is 1.08 bits per heavy atom. The molecular weight excluding hydrogens is 358 g/mol. The van der Waals surface area contributed by atoms with Gasteiger partial charge >= 0.3 is 0 Å². The first-order chi connectivity index (χ1) is 11.9. The molecule has 3 aliphatic heterocycles. The van der Waals surface area contributed by atoms with Crippen LogP contribution in [0.25, 0.3) is 0 Å². The molecule has 1 N–H and O–H groups in total. The Hall–Kier alpha value is -0.310. The van der Waals surface area contributed by atoms with Crippen LogP contribution < -0.4 is 5.32 Å². The first-order valence-electron chi connectivity index (χ1n) is 9.48. The molecule has 144 valence electrons. The molecule has 25 heavy (non-hydrogen) atoms. The van der Waals surface area contributed by atoms with E-state index < -0.39 is 10.0 Å². The van der Waals surface area contributed by atoms with Crippen molar-refractivity contribution in [2.75, 3.05) is 50.5 Å². The van der Waals surface area contributed by atoms with Crippen LogP contribution in [-0.2, 0) is 14.8 Å². The molecule has 0 aromatic heterocycles. The van der Waals surface area contributed by atoms with Crippen molar-refractivity contribution in [3.63, 3.8) is 0 Å². The number of hydrogen-bond donors (Lipinski definition) is 1. The summed E-state index contributed by atoms with van der Waals surface area (Å²) in [4.78, 5) is 15.0. The molecule has 3 aliphatic rings. The summed E-state index contributed by atoms with van der Waals surface area (Å²) in [5.74, 6) is 3.26. The molecule has 3 saturated heterocycles. The van der Waals surface area contributed by atoms with Crippen molar-refractivity contribution >= 4 is 27.7 Å². The maximum Gasteiger partial charge on any atom is 0.223 e. The largest absolute Gasteiger partial charge is 0.356 e. The van der Waals surface area contributed by atoms with Gasteiger partial charge in [-0.15, -0.1) is 0 Å². The zero-order valence-electron chi connectivity index (χ0n) is 15.2. The third-order valence-corrected chi connectivity index (χ3v) is 8.38. The van der Waals surface area contributed by atoms with E-state index in [4.69, 9.17) is 0 Å². The molecule has 8 heteroatoms. The molecule has 6 nitrogen and oxygen atoms in total. The van der Waals surface area contributed by atoms with E-state index in [0.717, 1.165) is 12.6 Å². The fraction of sp³-hybridized carbons (Fsp3) is 0.941. The Morgan fingerprint density at radius 3 is 2.32 bits per heavy atom. The highest BCUT2D eigenvalue weighted by atomic mass is 32.2. The average Bonchev–Trinajstić information content (AvgIpc) is 3.14. The van der Waals surface area contributed by atoms with Crippen LogP contribution in [0.5, 0.6) is 0 Å². The van der Waals surface area contributed by atoms with E-state index in [2.05, 4.69) is 22.0 Å². The average molecular weight is 390 g/mol.